The average Bonchev–Trinajstić information content (AvgIpc) is 3.32. The fourth-order valence-electron chi connectivity index (χ4n) is 4.86. The standard InChI is InChI=1S/C33H38N4O7/c1-33(2,3)44-32(41)36-43-22-29(38)34-17-19-37(30(39)23-11-5-4-6-12-23)20-18-35-31(40)42-21-28-26-15-9-7-13-24(26)25-14-8-10-16-27(25)28/h4-16,28H,17-22H2,1-3H3,(H,34,38)(H,35,40)(H,36,41). The van der Waals surface area contributed by atoms with E-state index in [2.05, 4.69) is 34.9 Å². The molecule has 0 spiro atoms. The van der Waals surface area contributed by atoms with Crippen LogP contribution < -0.4 is 16.1 Å². The monoisotopic (exact) mass is 602 g/mol. The van der Waals surface area contributed by atoms with Crippen molar-refractivity contribution in [3.8, 4) is 11.1 Å². The van der Waals surface area contributed by atoms with E-state index >= 15 is 0 Å². The number of hydrogen-bond donors (Lipinski definition) is 3. The fraction of sp³-hybridized carbons (Fsp3) is 0.333. The lowest BCUT2D eigenvalue weighted by Gasteiger charge is -2.23. The van der Waals surface area contributed by atoms with Crippen molar-refractivity contribution in [1.29, 1.82) is 0 Å². The van der Waals surface area contributed by atoms with Crippen LogP contribution in [0.2, 0.25) is 0 Å². The minimum Gasteiger partial charge on any atom is -0.449 e. The van der Waals surface area contributed by atoms with Crippen molar-refractivity contribution in [3.05, 3.63) is 95.6 Å². The second-order valence-electron chi connectivity index (χ2n) is 11.2. The molecule has 3 aromatic carbocycles. The summed E-state index contributed by atoms with van der Waals surface area (Å²) in [4.78, 5) is 56.0. The SMILES string of the molecule is CC(C)(C)OC(=O)NOCC(=O)NCCN(CCNC(=O)OCC1c2ccccc2-c2ccccc21)C(=O)c1ccccc1. The Bertz CT molecular complexity index is 1410. The lowest BCUT2D eigenvalue weighted by atomic mass is 9.98. The molecule has 44 heavy (non-hydrogen) atoms. The van der Waals surface area contributed by atoms with Crippen molar-refractivity contribution < 1.29 is 33.5 Å². The summed E-state index contributed by atoms with van der Waals surface area (Å²) in [5.74, 6) is -0.807. The molecule has 3 N–H and O–H groups in total. The molecular weight excluding hydrogens is 564 g/mol. The second kappa shape index (κ2) is 15.0. The van der Waals surface area contributed by atoms with Gasteiger partial charge in [0.05, 0.1) is 0 Å². The van der Waals surface area contributed by atoms with Gasteiger partial charge in [-0.2, -0.15) is 5.48 Å². The Morgan fingerprint density at radius 2 is 1.32 bits per heavy atom. The first kappa shape index (κ1) is 32.0. The lowest BCUT2D eigenvalue weighted by Crippen LogP contribution is -2.43. The van der Waals surface area contributed by atoms with E-state index < -0.39 is 30.3 Å². The van der Waals surface area contributed by atoms with Gasteiger partial charge in [-0.25, -0.2) is 9.59 Å². The summed E-state index contributed by atoms with van der Waals surface area (Å²) in [5.41, 5.74) is 6.35. The smallest absolute Gasteiger partial charge is 0.431 e. The van der Waals surface area contributed by atoms with Crippen LogP contribution in [-0.2, 0) is 19.1 Å². The molecule has 3 aromatic rings. The summed E-state index contributed by atoms with van der Waals surface area (Å²) in [7, 11) is 0. The van der Waals surface area contributed by atoms with Gasteiger partial charge in [0.25, 0.3) is 5.91 Å². The van der Waals surface area contributed by atoms with Crippen LogP contribution in [0.3, 0.4) is 0 Å². The molecule has 0 saturated carbocycles. The quantitative estimate of drug-likeness (QED) is 0.264. The van der Waals surface area contributed by atoms with Crippen molar-refractivity contribution in [2.75, 3.05) is 39.4 Å². The van der Waals surface area contributed by atoms with Crippen LogP contribution in [0, 0.1) is 0 Å². The van der Waals surface area contributed by atoms with Gasteiger partial charge in [0.15, 0.2) is 6.61 Å². The summed E-state index contributed by atoms with van der Waals surface area (Å²) in [6, 6.07) is 24.9. The first-order chi connectivity index (χ1) is 21.1. The molecule has 0 aliphatic heterocycles. The molecule has 0 saturated heterocycles. The maximum Gasteiger partial charge on any atom is 0.431 e. The molecule has 232 valence electrons. The third-order valence-corrected chi connectivity index (χ3v) is 6.76. The van der Waals surface area contributed by atoms with Crippen LogP contribution in [0.15, 0.2) is 78.9 Å². The fourth-order valence-corrected chi connectivity index (χ4v) is 4.86. The third-order valence-electron chi connectivity index (χ3n) is 6.76. The van der Waals surface area contributed by atoms with E-state index in [-0.39, 0.29) is 44.6 Å². The maximum absolute atomic E-state index is 13.2. The average molecular weight is 603 g/mol. The molecule has 0 atom stereocenters. The lowest BCUT2D eigenvalue weighted by molar-refractivity contribution is -0.128. The molecule has 0 unspecified atom stereocenters. The molecule has 0 heterocycles. The van der Waals surface area contributed by atoms with Crippen molar-refractivity contribution in [1.82, 2.24) is 21.0 Å². The van der Waals surface area contributed by atoms with E-state index in [0.29, 0.717) is 5.56 Å². The summed E-state index contributed by atoms with van der Waals surface area (Å²) in [6.07, 6.45) is -1.39. The van der Waals surface area contributed by atoms with Gasteiger partial charge in [-0.1, -0.05) is 66.7 Å². The zero-order chi connectivity index (χ0) is 31.5. The largest absolute Gasteiger partial charge is 0.449 e. The topological polar surface area (TPSA) is 135 Å². The first-order valence-corrected chi connectivity index (χ1v) is 14.4. The summed E-state index contributed by atoms with van der Waals surface area (Å²) >= 11 is 0. The second-order valence-corrected chi connectivity index (χ2v) is 11.2. The van der Waals surface area contributed by atoms with Gasteiger partial charge in [-0.3, -0.25) is 14.4 Å². The normalized spacial score (nSPS) is 12.0. The Labute approximate surface area is 256 Å². The summed E-state index contributed by atoms with van der Waals surface area (Å²) in [5, 5.41) is 5.38. The van der Waals surface area contributed by atoms with Gasteiger partial charge in [-0.05, 0) is 55.2 Å². The number of hydroxylamine groups is 1. The Balaban J connectivity index is 1.24. The van der Waals surface area contributed by atoms with Crippen LogP contribution in [0.5, 0.6) is 0 Å². The zero-order valence-corrected chi connectivity index (χ0v) is 25.1. The van der Waals surface area contributed by atoms with Crippen molar-refractivity contribution in [3.63, 3.8) is 0 Å². The third kappa shape index (κ3) is 9.05. The Morgan fingerprint density at radius 1 is 0.750 bits per heavy atom. The summed E-state index contributed by atoms with van der Waals surface area (Å²) < 4.78 is 10.6. The van der Waals surface area contributed by atoms with E-state index in [0.717, 1.165) is 22.3 Å². The van der Waals surface area contributed by atoms with E-state index in [1.165, 1.54) is 4.90 Å². The summed E-state index contributed by atoms with van der Waals surface area (Å²) in [6.45, 7) is 5.48. The van der Waals surface area contributed by atoms with Gasteiger partial charge in [0.2, 0.25) is 5.91 Å². The molecule has 11 nitrogen and oxygen atoms in total. The van der Waals surface area contributed by atoms with Crippen LogP contribution in [0.4, 0.5) is 9.59 Å². The molecule has 1 aliphatic carbocycles. The highest BCUT2D eigenvalue weighted by Crippen LogP contribution is 2.44. The van der Waals surface area contributed by atoms with E-state index in [1.54, 1.807) is 45.0 Å². The molecule has 0 radical (unpaired) electrons. The molecule has 4 rings (SSSR count). The number of amides is 4. The number of carbonyl (C=O) groups excluding carboxylic acids is 4. The number of ether oxygens (including phenoxy) is 2. The number of carbonyl (C=O) groups is 4. The number of hydrogen-bond acceptors (Lipinski definition) is 7. The molecule has 0 bridgehead atoms. The van der Waals surface area contributed by atoms with Crippen molar-refractivity contribution in [2.45, 2.75) is 32.3 Å². The van der Waals surface area contributed by atoms with Crippen LogP contribution in [0.25, 0.3) is 11.1 Å². The molecular formula is C33H38N4O7. The molecule has 4 amide bonds. The minimum absolute atomic E-state index is 0.0590. The molecule has 0 fully saturated rings. The highest BCUT2D eigenvalue weighted by molar-refractivity contribution is 5.94. The van der Waals surface area contributed by atoms with Gasteiger partial charge in [-0.15, -0.1) is 0 Å². The van der Waals surface area contributed by atoms with Crippen LogP contribution in [-0.4, -0.2) is 73.9 Å². The molecule has 11 heteroatoms. The Kier molecular flexibility index (Phi) is 10.9. The number of rotatable bonds is 12. The van der Waals surface area contributed by atoms with Crippen molar-refractivity contribution >= 4 is 24.0 Å². The van der Waals surface area contributed by atoms with E-state index in [4.69, 9.17) is 14.3 Å². The maximum atomic E-state index is 13.2. The van der Waals surface area contributed by atoms with Crippen LogP contribution >= 0.6 is 0 Å². The number of nitrogens with zero attached hydrogens (tertiary/aromatic N) is 1. The van der Waals surface area contributed by atoms with Crippen molar-refractivity contribution in [2.24, 2.45) is 0 Å². The predicted octanol–water partition coefficient (Wildman–Crippen LogP) is 4.24. The first-order valence-electron chi connectivity index (χ1n) is 14.4. The predicted molar refractivity (Wildman–Crippen MR) is 164 cm³/mol. The van der Waals surface area contributed by atoms with Crippen LogP contribution in [0.1, 0.15) is 48.2 Å². The Hall–Kier alpha value is -4.90. The number of benzene rings is 3. The number of nitrogens with one attached hydrogen (secondary N) is 3. The highest BCUT2D eigenvalue weighted by Gasteiger charge is 2.29. The zero-order valence-electron chi connectivity index (χ0n) is 25.1. The highest BCUT2D eigenvalue weighted by atomic mass is 16.7. The molecule has 0 aromatic heterocycles. The van der Waals surface area contributed by atoms with Gasteiger partial charge < -0.3 is 25.0 Å². The van der Waals surface area contributed by atoms with E-state index in [9.17, 15) is 19.2 Å². The number of alkyl carbamates (subject to hydrolysis) is 1. The van der Waals surface area contributed by atoms with Gasteiger partial charge in [0.1, 0.15) is 12.2 Å². The Morgan fingerprint density at radius 3 is 1.93 bits per heavy atom. The minimum atomic E-state index is -0.811. The van der Waals surface area contributed by atoms with Gasteiger partial charge >= 0.3 is 12.2 Å². The van der Waals surface area contributed by atoms with E-state index in [1.807, 2.05) is 35.8 Å². The van der Waals surface area contributed by atoms with Gasteiger partial charge in [0, 0.05) is 37.7 Å². The number of fused-ring (bicyclic) bond motifs is 3. The molecule has 1 aliphatic rings.